The maximum Gasteiger partial charge on any atom is 0.416 e. The van der Waals surface area contributed by atoms with E-state index in [0.717, 1.165) is 24.0 Å². The molecule has 0 saturated heterocycles. The van der Waals surface area contributed by atoms with Gasteiger partial charge in [-0.25, -0.2) is 8.42 Å². The van der Waals surface area contributed by atoms with Gasteiger partial charge in [-0.15, -0.1) is 0 Å². The predicted molar refractivity (Wildman–Crippen MR) is 103 cm³/mol. The van der Waals surface area contributed by atoms with Crippen LogP contribution in [0, 0.1) is 6.92 Å². The number of amides is 1. The number of halogens is 3. The number of hydrogen-bond acceptors (Lipinski definition) is 3. The highest BCUT2D eigenvalue weighted by Crippen LogP contribution is 2.30. The summed E-state index contributed by atoms with van der Waals surface area (Å²) in [6.07, 6.45) is -3.23. The molecule has 0 aliphatic carbocycles. The molecular formula is C19H21F3N2O3S. The van der Waals surface area contributed by atoms with E-state index in [1.165, 1.54) is 16.4 Å². The summed E-state index contributed by atoms with van der Waals surface area (Å²) in [5, 5.41) is 2.41. The van der Waals surface area contributed by atoms with Crippen molar-refractivity contribution in [1.82, 2.24) is 0 Å². The van der Waals surface area contributed by atoms with E-state index >= 15 is 0 Å². The molecule has 2 rings (SSSR count). The zero-order chi connectivity index (χ0) is 20.9. The van der Waals surface area contributed by atoms with Crippen molar-refractivity contribution in [3.63, 3.8) is 0 Å². The van der Waals surface area contributed by atoms with Crippen LogP contribution in [0.3, 0.4) is 0 Å². The Morgan fingerprint density at radius 3 is 2.39 bits per heavy atom. The molecule has 0 heterocycles. The molecule has 0 aliphatic heterocycles. The molecule has 2 aromatic rings. The van der Waals surface area contributed by atoms with E-state index in [-0.39, 0.29) is 25.1 Å². The monoisotopic (exact) mass is 414 g/mol. The lowest BCUT2D eigenvalue weighted by atomic mass is 10.2. The summed E-state index contributed by atoms with van der Waals surface area (Å²) in [6.45, 7) is 1.87. The first-order chi connectivity index (χ1) is 13.0. The molecule has 0 aliphatic rings. The first-order valence-corrected chi connectivity index (χ1v) is 10.3. The third-order valence-electron chi connectivity index (χ3n) is 4.02. The van der Waals surface area contributed by atoms with Crippen molar-refractivity contribution in [1.29, 1.82) is 0 Å². The first-order valence-electron chi connectivity index (χ1n) is 8.49. The van der Waals surface area contributed by atoms with Crippen LogP contribution in [0.5, 0.6) is 0 Å². The van der Waals surface area contributed by atoms with Crippen molar-refractivity contribution in [3.8, 4) is 0 Å². The van der Waals surface area contributed by atoms with Crippen LogP contribution < -0.4 is 9.62 Å². The Bertz CT molecular complexity index is 943. The van der Waals surface area contributed by atoms with E-state index in [1.54, 1.807) is 31.2 Å². The molecule has 0 radical (unpaired) electrons. The average Bonchev–Trinajstić information content (AvgIpc) is 2.58. The Labute approximate surface area is 162 Å². The summed E-state index contributed by atoms with van der Waals surface area (Å²) in [6, 6.07) is 11.3. The van der Waals surface area contributed by atoms with E-state index < -0.39 is 27.7 Å². The number of carbonyl (C=O) groups is 1. The summed E-state index contributed by atoms with van der Waals surface area (Å²) in [7, 11) is -3.54. The third-order valence-corrected chi connectivity index (χ3v) is 5.20. The van der Waals surface area contributed by atoms with Gasteiger partial charge in [-0.3, -0.25) is 9.10 Å². The van der Waals surface area contributed by atoms with Gasteiger partial charge in [0.15, 0.2) is 0 Å². The second-order valence-electron chi connectivity index (χ2n) is 6.35. The van der Waals surface area contributed by atoms with Gasteiger partial charge in [0.1, 0.15) is 0 Å². The van der Waals surface area contributed by atoms with Crippen LogP contribution in [0.15, 0.2) is 48.5 Å². The van der Waals surface area contributed by atoms with Gasteiger partial charge >= 0.3 is 6.18 Å². The zero-order valence-corrected chi connectivity index (χ0v) is 16.3. The fraction of sp³-hybridized carbons (Fsp3) is 0.316. The summed E-state index contributed by atoms with van der Waals surface area (Å²) in [5.41, 5.74) is 0.497. The van der Waals surface area contributed by atoms with Crippen LogP contribution in [0.25, 0.3) is 0 Å². The smallest absolute Gasteiger partial charge is 0.326 e. The Morgan fingerprint density at radius 2 is 1.79 bits per heavy atom. The number of nitrogens with one attached hydrogen (secondary N) is 1. The number of para-hydroxylation sites is 1. The molecule has 9 heteroatoms. The van der Waals surface area contributed by atoms with Gasteiger partial charge in [0, 0.05) is 18.7 Å². The summed E-state index contributed by atoms with van der Waals surface area (Å²) in [5.74, 6) is -0.488. The van der Waals surface area contributed by atoms with Gasteiger partial charge in [-0.05, 0) is 43.2 Å². The molecule has 0 spiro atoms. The van der Waals surface area contributed by atoms with Crippen molar-refractivity contribution in [2.24, 2.45) is 0 Å². The number of nitrogens with zero attached hydrogens (tertiary/aromatic N) is 1. The van der Waals surface area contributed by atoms with Gasteiger partial charge in [-0.2, -0.15) is 13.2 Å². The SMILES string of the molecule is Cc1ccccc1N(CCCC(=O)Nc1cccc(C(F)(F)F)c1)S(C)(=O)=O. The lowest BCUT2D eigenvalue weighted by Crippen LogP contribution is -2.32. The maximum atomic E-state index is 12.7. The standard InChI is InChI=1S/C19H21F3N2O3S/c1-14-7-3-4-10-17(14)24(28(2,26)27)12-6-11-18(25)23-16-9-5-8-15(13-16)19(20,21)22/h3-5,7-10,13H,6,11-12H2,1-2H3,(H,23,25). The highest BCUT2D eigenvalue weighted by molar-refractivity contribution is 7.92. The fourth-order valence-corrected chi connectivity index (χ4v) is 3.71. The van der Waals surface area contributed by atoms with Crippen molar-refractivity contribution in [3.05, 3.63) is 59.7 Å². The minimum absolute atomic E-state index is 0.0336. The second kappa shape index (κ2) is 8.64. The number of alkyl halides is 3. The Balaban J connectivity index is 1.99. The molecule has 0 aromatic heterocycles. The molecule has 0 unspecified atom stereocenters. The molecule has 28 heavy (non-hydrogen) atoms. The topological polar surface area (TPSA) is 66.5 Å². The number of anilines is 2. The molecule has 5 nitrogen and oxygen atoms in total. The number of aryl methyl sites for hydroxylation is 1. The summed E-state index contributed by atoms with van der Waals surface area (Å²) >= 11 is 0. The van der Waals surface area contributed by atoms with Crippen LogP contribution >= 0.6 is 0 Å². The van der Waals surface area contributed by atoms with Crippen molar-refractivity contribution < 1.29 is 26.4 Å². The molecule has 1 amide bonds. The zero-order valence-electron chi connectivity index (χ0n) is 15.5. The number of benzene rings is 2. The first kappa shape index (κ1) is 21.7. The molecule has 0 bridgehead atoms. The number of sulfonamides is 1. The molecule has 152 valence electrons. The lowest BCUT2D eigenvalue weighted by Gasteiger charge is -2.24. The van der Waals surface area contributed by atoms with Gasteiger partial charge in [0.05, 0.1) is 17.5 Å². The summed E-state index contributed by atoms with van der Waals surface area (Å²) in [4.78, 5) is 12.0. The lowest BCUT2D eigenvalue weighted by molar-refractivity contribution is -0.137. The van der Waals surface area contributed by atoms with E-state index in [1.807, 2.05) is 0 Å². The van der Waals surface area contributed by atoms with Crippen LogP contribution in [-0.2, 0) is 21.0 Å². The second-order valence-corrected chi connectivity index (χ2v) is 8.26. The molecule has 2 aromatic carbocycles. The average molecular weight is 414 g/mol. The Morgan fingerprint density at radius 1 is 1.11 bits per heavy atom. The van der Waals surface area contributed by atoms with Gasteiger partial charge in [-0.1, -0.05) is 24.3 Å². The summed E-state index contributed by atoms with van der Waals surface area (Å²) < 4.78 is 63.6. The van der Waals surface area contributed by atoms with E-state index in [0.29, 0.717) is 5.69 Å². The van der Waals surface area contributed by atoms with E-state index in [9.17, 15) is 26.4 Å². The molecular weight excluding hydrogens is 393 g/mol. The number of hydrogen-bond donors (Lipinski definition) is 1. The molecule has 0 saturated carbocycles. The highest BCUT2D eigenvalue weighted by Gasteiger charge is 2.30. The van der Waals surface area contributed by atoms with Crippen LogP contribution in [0.2, 0.25) is 0 Å². The normalized spacial score (nSPS) is 11.9. The van der Waals surface area contributed by atoms with Crippen molar-refractivity contribution in [2.45, 2.75) is 25.9 Å². The van der Waals surface area contributed by atoms with Crippen LogP contribution in [0.4, 0.5) is 24.5 Å². The minimum atomic E-state index is -4.50. The minimum Gasteiger partial charge on any atom is -0.326 e. The van der Waals surface area contributed by atoms with E-state index in [2.05, 4.69) is 5.32 Å². The quantitative estimate of drug-likeness (QED) is 0.739. The third kappa shape index (κ3) is 5.98. The van der Waals surface area contributed by atoms with Crippen molar-refractivity contribution >= 4 is 27.3 Å². The largest absolute Gasteiger partial charge is 0.416 e. The number of carbonyl (C=O) groups excluding carboxylic acids is 1. The Kier molecular flexibility index (Phi) is 6.71. The van der Waals surface area contributed by atoms with Gasteiger partial charge in [0.25, 0.3) is 0 Å². The highest BCUT2D eigenvalue weighted by atomic mass is 32.2. The van der Waals surface area contributed by atoms with Gasteiger partial charge in [0.2, 0.25) is 15.9 Å². The van der Waals surface area contributed by atoms with Crippen LogP contribution in [-0.4, -0.2) is 27.1 Å². The molecule has 1 N–H and O–H groups in total. The predicted octanol–water partition coefficient (Wildman–Crippen LogP) is 4.20. The van der Waals surface area contributed by atoms with Crippen molar-refractivity contribution in [2.75, 3.05) is 22.4 Å². The van der Waals surface area contributed by atoms with E-state index in [4.69, 9.17) is 0 Å². The molecule has 0 atom stereocenters. The number of rotatable bonds is 7. The van der Waals surface area contributed by atoms with Gasteiger partial charge < -0.3 is 5.32 Å². The Hall–Kier alpha value is -2.55. The van der Waals surface area contributed by atoms with Crippen LogP contribution in [0.1, 0.15) is 24.0 Å². The fourth-order valence-electron chi connectivity index (χ4n) is 2.69. The molecule has 0 fully saturated rings. The maximum absolute atomic E-state index is 12.7.